The number of hydrogen-bond donors (Lipinski definition) is 2. The molecular formula is C14H20Br2N2. The van der Waals surface area contributed by atoms with Gasteiger partial charge in [0.15, 0.2) is 0 Å². The van der Waals surface area contributed by atoms with E-state index in [1.807, 2.05) is 6.07 Å². The zero-order valence-electron chi connectivity index (χ0n) is 10.7. The standard InChI is InChI=1S/C14H20Br2N2/c1-14(18,9-5-3-2-4-6-9)11-7-10(15)8-12(16)13(11)17/h7-9H,2-6,17-18H2,1H3/t14-/m0/s1. The zero-order valence-corrected chi connectivity index (χ0v) is 13.9. The highest BCUT2D eigenvalue weighted by Gasteiger charge is 2.34. The van der Waals surface area contributed by atoms with E-state index in [-0.39, 0.29) is 5.54 Å². The van der Waals surface area contributed by atoms with E-state index in [0.29, 0.717) is 5.92 Å². The van der Waals surface area contributed by atoms with Gasteiger partial charge in [-0.1, -0.05) is 35.2 Å². The third-order valence-corrected chi connectivity index (χ3v) is 5.24. The summed E-state index contributed by atoms with van der Waals surface area (Å²) in [4.78, 5) is 0. The Morgan fingerprint density at radius 3 is 2.39 bits per heavy atom. The van der Waals surface area contributed by atoms with Gasteiger partial charge in [0.1, 0.15) is 0 Å². The van der Waals surface area contributed by atoms with Crippen LogP contribution in [0.4, 0.5) is 5.69 Å². The second-order valence-corrected chi connectivity index (χ2v) is 7.24. The number of benzene rings is 1. The maximum absolute atomic E-state index is 6.63. The van der Waals surface area contributed by atoms with E-state index >= 15 is 0 Å². The van der Waals surface area contributed by atoms with Crippen LogP contribution in [0.1, 0.15) is 44.6 Å². The fraction of sp³-hybridized carbons (Fsp3) is 0.571. The van der Waals surface area contributed by atoms with E-state index in [9.17, 15) is 0 Å². The molecule has 0 bridgehead atoms. The van der Waals surface area contributed by atoms with E-state index in [1.54, 1.807) is 0 Å². The molecule has 1 saturated carbocycles. The number of nitrogens with two attached hydrogens (primary N) is 2. The Balaban J connectivity index is 2.39. The summed E-state index contributed by atoms with van der Waals surface area (Å²) >= 11 is 7.03. The first-order chi connectivity index (χ1) is 8.43. The van der Waals surface area contributed by atoms with Crippen LogP contribution in [-0.4, -0.2) is 0 Å². The van der Waals surface area contributed by atoms with Crippen molar-refractivity contribution in [3.8, 4) is 0 Å². The third-order valence-electron chi connectivity index (χ3n) is 4.13. The Kier molecular flexibility index (Phi) is 4.40. The molecule has 4 N–H and O–H groups in total. The third kappa shape index (κ3) is 2.75. The van der Waals surface area contributed by atoms with Gasteiger partial charge in [0, 0.05) is 14.5 Å². The number of rotatable bonds is 2. The van der Waals surface area contributed by atoms with Crippen molar-refractivity contribution in [3.05, 3.63) is 26.6 Å². The maximum atomic E-state index is 6.63. The van der Waals surface area contributed by atoms with Gasteiger partial charge in [0.25, 0.3) is 0 Å². The summed E-state index contributed by atoms with van der Waals surface area (Å²) in [5, 5.41) is 0. The van der Waals surface area contributed by atoms with Crippen molar-refractivity contribution in [2.45, 2.75) is 44.6 Å². The van der Waals surface area contributed by atoms with E-state index in [4.69, 9.17) is 11.5 Å². The van der Waals surface area contributed by atoms with E-state index < -0.39 is 0 Å². The van der Waals surface area contributed by atoms with Gasteiger partial charge in [-0.15, -0.1) is 0 Å². The normalized spacial score (nSPS) is 20.7. The van der Waals surface area contributed by atoms with E-state index in [0.717, 1.165) is 20.2 Å². The predicted octanol–water partition coefficient (Wildman–Crippen LogP) is 4.55. The Bertz CT molecular complexity index is 438. The minimum absolute atomic E-state index is 0.350. The van der Waals surface area contributed by atoms with Crippen LogP contribution in [0.3, 0.4) is 0 Å². The zero-order chi connectivity index (χ0) is 13.3. The highest BCUT2D eigenvalue weighted by Crippen LogP contribution is 2.42. The van der Waals surface area contributed by atoms with Crippen LogP contribution in [0.2, 0.25) is 0 Å². The van der Waals surface area contributed by atoms with Crippen molar-refractivity contribution in [3.63, 3.8) is 0 Å². The lowest BCUT2D eigenvalue weighted by molar-refractivity contribution is 0.225. The largest absolute Gasteiger partial charge is 0.398 e. The summed E-state index contributed by atoms with van der Waals surface area (Å²) in [5.41, 5.74) is 14.3. The van der Waals surface area contributed by atoms with Gasteiger partial charge in [-0.2, -0.15) is 0 Å². The van der Waals surface area contributed by atoms with Crippen LogP contribution in [0.5, 0.6) is 0 Å². The van der Waals surface area contributed by atoms with Gasteiger partial charge >= 0.3 is 0 Å². The van der Waals surface area contributed by atoms with E-state index in [1.165, 1.54) is 32.1 Å². The molecule has 1 aromatic carbocycles. The molecule has 0 saturated heterocycles. The summed E-state index contributed by atoms with van der Waals surface area (Å²) in [7, 11) is 0. The molecule has 0 radical (unpaired) electrons. The topological polar surface area (TPSA) is 52.0 Å². The molecule has 0 aromatic heterocycles. The molecule has 18 heavy (non-hydrogen) atoms. The van der Waals surface area contributed by atoms with Crippen molar-refractivity contribution in [2.24, 2.45) is 11.7 Å². The lowest BCUT2D eigenvalue weighted by atomic mass is 9.72. The molecule has 0 heterocycles. The monoisotopic (exact) mass is 374 g/mol. The van der Waals surface area contributed by atoms with Crippen molar-refractivity contribution in [2.75, 3.05) is 5.73 Å². The Hall–Kier alpha value is -0.0600. The molecular weight excluding hydrogens is 356 g/mol. The fourth-order valence-electron chi connectivity index (χ4n) is 2.95. The first-order valence-corrected chi connectivity index (χ1v) is 8.05. The average Bonchev–Trinajstić information content (AvgIpc) is 2.34. The maximum Gasteiger partial charge on any atom is 0.0510 e. The summed E-state index contributed by atoms with van der Waals surface area (Å²) in [6, 6.07) is 4.03. The van der Waals surface area contributed by atoms with Crippen LogP contribution in [0.15, 0.2) is 21.1 Å². The summed E-state index contributed by atoms with van der Waals surface area (Å²) in [6.07, 6.45) is 6.32. The molecule has 2 nitrogen and oxygen atoms in total. The van der Waals surface area contributed by atoms with Crippen LogP contribution in [0, 0.1) is 5.92 Å². The number of nitrogen functional groups attached to an aromatic ring is 1. The molecule has 1 aliphatic rings. The SMILES string of the molecule is C[C@@](N)(c1cc(Br)cc(Br)c1N)C1CCCCC1. The Labute approximate surface area is 126 Å². The smallest absolute Gasteiger partial charge is 0.0510 e. The van der Waals surface area contributed by atoms with Gasteiger partial charge in [-0.05, 0) is 59.3 Å². The fourth-order valence-corrected chi connectivity index (χ4v) is 4.18. The van der Waals surface area contributed by atoms with Crippen molar-refractivity contribution < 1.29 is 0 Å². The Morgan fingerprint density at radius 2 is 1.78 bits per heavy atom. The van der Waals surface area contributed by atoms with Crippen molar-refractivity contribution in [1.82, 2.24) is 0 Å². The number of halogens is 2. The molecule has 100 valence electrons. The number of hydrogen-bond acceptors (Lipinski definition) is 2. The molecule has 4 heteroatoms. The summed E-state index contributed by atoms with van der Waals surface area (Å²) in [6.45, 7) is 2.12. The van der Waals surface area contributed by atoms with Gasteiger partial charge in [-0.3, -0.25) is 0 Å². The molecule has 0 aliphatic heterocycles. The minimum Gasteiger partial charge on any atom is -0.398 e. The average molecular weight is 376 g/mol. The first-order valence-electron chi connectivity index (χ1n) is 6.47. The molecule has 0 unspecified atom stereocenters. The lowest BCUT2D eigenvalue weighted by Gasteiger charge is -2.38. The van der Waals surface area contributed by atoms with Gasteiger partial charge < -0.3 is 11.5 Å². The second-order valence-electron chi connectivity index (χ2n) is 5.47. The predicted molar refractivity (Wildman–Crippen MR) is 84.4 cm³/mol. The molecule has 1 atom stereocenters. The van der Waals surface area contributed by atoms with Gasteiger partial charge in [0.2, 0.25) is 0 Å². The highest BCUT2D eigenvalue weighted by atomic mass is 79.9. The molecule has 1 aliphatic carbocycles. The van der Waals surface area contributed by atoms with Crippen molar-refractivity contribution in [1.29, 1.82) is 0 Å². The Morgan fingerprint density at radius 1 is 1.17 bits per heavy atom. The van der Waals surface area contributed by atoms with Crippen LogP contribution >= 0.6 is 31.9 Å². The molecule has 1 fully saturated rings. The van der Waals surface area contributed by atoms with Gasteiger partial charge in [0.05, 0.1) is 5.69 Å². The highest BCUT2D eigenvalue weighted by molar-refractivity contribution is 9.11. The molecule has 1 aromatic rings. The molecule has 0 spiro atoms. The van der Waals surface area contributed by atoms with Gasteiger partial charge in [-0.25, -0.2) is 0 Å². The lowest BCUT2D eigenvalue weighted by Crippen LogP contribution is -2.42. The summed E-state index contributed by atoms with van der Waals surface area (Å²) in [5.74, 6) is 0.523. The number of anilines is 1. The molecule has 2 rings (SSSR count). The minimum atomic E-state index is -0.350. The van der Waals surface area contributed by atoms with Crippen LogP contribution < -0.4 is 11.5 Å². The second kappa shape index (κ2) is 5.51. The quantitative estimate of drug-likeness (QED) is 0.745. The molecule has 0 amide bonds. The van der Waals surface area contributed by atoms with Crippen LogP contribution in [-0.2, 0) is 5.54 Å². The first kappa shape index (κ1) is 14.4. The van der Waals surface area contributed by atoms with Crippen molar-refractivity contribution >= 4 is 37.5 Å². The summed E-state index contributed by atoms with van der Waals surface area (Å²) < 4.78 is 1.94. The van der Waals surface area contributed by atoms with Crippen LogP contribution in [0.25, 0.3) is 0 Å². The van der Waals surface area contributed by atoms with E-state index in [2.05, 4.69) is 44.8 Å².